The molecule has 1 N–H and O–H groups in total. The van der Waals surface area contributed by atoms with Gasteiger partial charge in [0, 0.05) is 32.7 Å². The molecule has 0 saturated carbocycles. The van der Waals surface area contributed by atoms with E-state index in [0.717, 1.165) is 32.7 Å². The van der Waals surface area contributed by atoms with E-state index in [1.165, 1.54) is 5.00 Å². The van der Waals surface area contributed by atoms with Crippen molar-refractivity contribution in [2.24, 2.45) is 0 Å². The van der Waals surface area contributed by atoms with Crippen LogP contribution in [0, 0.1) is 0 Å². The molecule has 0 aromatic carbocycles. The molecular formula is C14H21N3O2S. The van der Waals surface area contributed by atoms with Crippen molar-refractivity contribution in [1.29, 1.82) is 0 Å². The number of amides is 1. The first-order valence-electron chi connectivity index (χ1n) is 7.18. The van der Waals surface area contributed by atoms with Crippen molar-refractivity contribution in [3.05, 3.63) is 17.5 Å². The molecule has 0 aliphatic carbocycles. The number of hydrogen-bond acceptors (Lipinski definition) is 5. The zero-order valence-electron chi connectivity index (χ0n) is 11.7. The van der Waals surface area contributed by atoms with E-state index in [9.17, 15) is 4.79 Å². The van der Waals surface area contributed by atoms with Crippen LogP contribution in [0.25, 0.3) is 0 Å². The van der Waals surface area contributed by atoms with Crippen molar-refractivity contribution in [3.63, 3.8) is 0 Å². The van der Waals surface area contributed by atoms with E-state index < -0.39 is 0 Å². The number of morpholine rings is 1. The molecule has 0 bridgehead atoms. The number of rotatable bonds is 2. The first-order valence-corrected chi connectivity index (χ1v) is 8.06. The first kappa shape index (κ1) is 13.9. The molecule has 20 heavy (non-hydrogen) atoms. The lowest BCUT2D eigenvalue weighted by Gasteiger charge is -2.39. The second kappa shape index (κ2) is 6.11. The van der Waals surface area contributed by atoms with E-state index in [1.54, 1.807) is 11.3 Å². The molecule has 1 aromatic rings. The highest BCUT2D eigenvalue weighted by Gasteiger charge is 2.33. The summed E-state index contributed by atoms with van der Waals surface area (Å²) in [5.74, 6) is 0.183. The van der Waals surface area contributed by atoms with E-state index >= 15 is 0 Å². The standard InChI is InChI=1S/C14H21N3O2S/c1-11-13(15-4-9-19-11)14(18)17-7-5-16(6-8-17)12-3-2-10-20-12/h2-3,10-11,13,15H,4-9H2,1H3/t11-,13+/m1/s1. The fraction of sp³-hybridized carbons (Fsp3) is 0.643. The van der Waals surface area contributed by atoms with Crippen LogP contribution in [0.2, 0.25) is 0 Å². The highest BCUT2D eigenvalue weighted by atomic mass is 32.1. The Kier molecular flexibility index (Phi) is 4.24. The summed E-state index contributed by atoms with van der Waals surface area (Å²) in [5, 5.41) is 6.67. The summed E-state index contributed by atoms with van der Waals surface area (Å²) in [6, 6.07) is 4.03. The highest BCUT2D eigenvalue weighted by molar-refractivity contribution is 7.14. The van der Waals surface area contributed by atoms with E-state index in [0.29, 0.717) is 6.61 Å². The van der Waals surface area contributed by atoms with Gasteiger partial charge < -0.3 is 19.9 Å². The van der Waals surface area contributed by atoms with Gasteiger partial charge in [0.1, 0.15) is 6.04 Å². The molecule has 2 aliphatic rings. The lowest BCUT2D eigenvalue weighted by atomic mass is 10.1. The largest absolute Gasteiger partial charge is 0.375 e. The van der Waals surface area contributed by atoms with Crippen LogP contribution in [0.1, 0.15) is 6.92 Å². The van der Waals surface area contributed by atoms with Gasteiger partial charge >= 0.3 is 0 Å². The molecule has 1 aromatic heterocycles. The van der Waals surface area contributed by atoms with Crippen molar-refractivity contribution in [2.75, 3.05) is 44.2 Å². The summed E-state index contributed by atoms with van der Waals surface area (Å²) in [6.45, 7) is 6.83. The molecule has 0 radical (unpaired) electrons. The van der Waals surface area contributed by atoms with Gasteiger partial charge in [0.15, 0.2) is 0 Å². The molecule has 5 nitrogen and oxygen atoms in total. The van der Waals surface area contributed by atoms with Gasteiger partial charge in [-0.3, -0.25) is 4.79 Å². The second-order valence-electron chi connectivity index (χ2n) is 5.27. The topological polar surface area (TPSA) is 44.8 Å². The molecule has 0 unspecified atom stereocenters. The van der Waals surface area contributed by atoms with Crippen molar-refractivity contribution in [1.82, 2.24) is 10.2 Å². The Morgan fingerprint density at radius 2 is 2.20 bits per heavy atom. The Balaban J connectivity index is 1.56. The van der Waals surface area contributed by atoms with Gasteiger partial charge in [0.05, 0.1) is 17.7 Å². The smallest absolute Gasteiger partial charge is 0.242 e. The monoisotopic (exact) mass is 295 g/mol. The van der Waals surface area contributed by atoms with Crippen LogP contribution in [-0.2, 0) is 9.53 Å². The summed E-state index contributed by atoms with van der Waals surface area (Å²) >= 11 is 1.76. The average Bonchev–Trinajstić information content (AvgIpc) is 3.01. The number of nitrogens with zero attached hydrogens (tertiary/aromatic N) is 2. The first-order chi connectivity index (χ1) is 9.75. The third kappa shape index (κ3) is 2.82. The number of nitrogens with one attached hydrogen (secondary N) is 1. The molecule has 110 valence electrons. The van der Waals surface area contributed by atoms with Crippen LogP contribution < -0.4 is 10.2 Å². The number of piperazine rings is 1. The van der Waals surface area contributed by atoms with Crippen LogP contribution in [0.3, 0.4) is 0 Å². The van der Waals surface area contributed by atoms with Gasteiger partial charge in [-0.25, -0.2) is 0 Å². The van der Waals surface area contributed by atoms with Crippen LogP contribution in [-0.4, -0.2) is 62.3 Å². The molecule has 1 amide bonds. The Morgan fingerprint density at radius 3 is 2.85 bits per heavy atom. The van der Waals surface area contributed by atoms with E-state index in [2.05, 4.69) is 27.7 Å². The summed E-state index contributed by atoms with van der Waals surface area (Å²) < 4.78 is 5.56. The van der Waals surface area contributed by atoms with Gasteiger partial charge in [-0.1, -0.05) is 0 Å². The number of carbonyl (C=O) groups excluding carboxylic acids is 1. The maximum atomic E-state index is 12.5. The Morgan fingerprint density at radius 1 is 1.40 bits per heavy atom. The third-order valence-corrected chi connectivity index (χ3v) is 4.92. The highest BCUT2D eigenvalue weighted by Crippen LogP contribution is 2.22. The third-order valence-electron chi connectivity index (χ3n) is 3.99. The van der Waals surface area contributed by atoms with Gasteiger partial charge in [0.2, 0.25) is 5.91 Å². The van der Waals surface area contributed by atoms with Crippen LogP contribution >= 0.6 is 11.3 Å². The fourth-order valence-corrected chi connectivity index (χ4v) is 3.59. The molecule has 2 atom stereocenters. The SMILES string of the molecule is C[C@H]1OCCN[C@@H]1C(=O)N1CCN(c2cccs2)CC1. The Hall–Kier alpha value is -1.11. The molecule has 0 spiro atoms. The summed E-state index contributed by atoms with van der Waals surface area (Å²) in [5.41, 5.74) is 0. The quantitative estimate of drug-likeness (QED) is 0.875. The number of anilines is 1. The van der Waals surface area contributed by atoms with Crippen molar-refractivity contribution in [2.45, 2.75) is 19.1 Å². The minimum absolute atomic E-state index is 0.0356. The Labute approximate surface area is 123 Å². The van der Waals surface area contributed by atoms with Crippen LogP contribution in [0.15, 0.2) is 17.5 Å². The number of hydrogen-bond donors (Lipinski definition) is 1. The summed E-state index contributed by atoms with van der Waals surface area (Å²) in [4.78, 5) is 16.8. The molecule has 3 heterocycles. The minimum Gasteiger partial charge on any atom is -0.375 e. The van der Waals surface area contributed by atoms with Crippen LogP contribution in [0.4, 0.5) is 5.00 Å². The van der Waals surface area contributed by atoms with Gasteiger partial charge in [-0.15, -0.1) is 11.3 Å². The maximum Gasteiger partial charge on any atom is 0.242 e. The lowest BCUT2D eigenvalue weighted by Crippen LogP contribution is -2.59. The average molecular weight is 295 g/mol. The zero-order valence-corrected chi connectivity index (χ0v) is 12.6. The number of thiophene rings is 1. The number of carbonyl (C=O) groups is 1. The van der Waals surface area contributed by atoms with Crippen LogP contribution in [0.5, 0.6) is 0 Å². The maximum absolute atomic E-state index is 12.5. The van der Waals surface area contributed by atoms with E-state index in [1.807, 2.05) is 11.8 Å². The van der Waals surface area contributed by atoms with Crippen molar-refractivity contribution >= 4 is 22.2 Å². The number of ether oxygens (including phenoxy) is 1. The lowest BCUT2D eigenvalue weighted by molar-refractivity contribution is -0.139. The molecule has 2 aliphatic heterocycles. The summed E-state index contributed by atoms with van der Waals surface area (Å²) in [6.07, 6.45) is -0.0356. The molecule has 2 fully saturated rings. The van der Waals surface area contributed by atoms with Gasteiger partial charge in [-0.05, 0) is 24.4 Å². The van der Waals surface area contributed by atoms with Gasteiger partial charge in [-0.2, -0.15) is 0 Å². The normalized spacial score (nSPS) is 27.6. The molecule has 2 saturated heterocycles. The minimum atomic E-state index is -0.183. The van der Waals surface area contributed by atoms with Crippen molar-refractivity contribution in [3.8, 4) is 0 Å². The fourth-order valence-electron chi connectivity index (χ4n) is 2.80. The van der Waals surface area contributed by atoms with E-state index in [-0.39, 0.29) is 18.1 Å². The summed E-state index contributed by atoms with van der Waals surface area (Å²) in [7, 11) is 0. The predicted octanol–water partition coefficient (Wildman–Crippen LogP) is 0.774. The second-order valence-corrected chi connectivity index (χ2v) is 6.20. The molecular weight excluding hydrogens is 274 g/mol. The van der Waals surface area contributed by atoms with Gasteiger partial charge in [0.25, 0.3) is 0 Å². The Bertz CT molecular complexity index is 443. The predicted molar refractivity (Wildman–Crippen MR) is 80.3 cm³/mol. The van der Waals surface area contributed by atoms with Crippen molar-refractivity contribution < 1.29 is 9.53 Å². The zero-order chi connectivity index (χ0) is 13.9. The van der Waals surface area contributed by atoms with E-state index in [4.69, 9.17) is 4.74 Å². The molecule has 6 heteroatoms. The molecule has 3 rings (SSSR count).